The maximum atomic E-state index is 12.9. The summed E-state index contributed by atoms with van der Waals surface area (Å²) in [5.74, 6) is 0.530. The second-order valence-corrected chi connectivity index (χ2v) is 5.92. The highest BCUT2D eigenvalue weighted by Crippen LogP contribution is 2.25. The van der Waals surface area contributed by atoms with Gasteiger partial charge >= 0.3 is 0 Å². The predicted octanol–water partition coefficient (Wildman–Crippen LogP) is 4.17. The Balaban J connectivity index is 1.71. The van der Waals surface area contributed by atoms with Crippen LogP contribution in [-0.2, 0) is 0 Å². The van der Waals surface area contributed by atoms with Crippen molar-refractivity contribution in [2.24, 2.45) is 5.73 Å². The summed E-state index contributed by atoms with van der Waals surface area (Å²) in [5.41, 5.74) is 8.31. The van der Waals surface area contributed by atoms with E-state index < -0.39 is 0 Å². The summed E-state index contributed by atoms with van der Waals surface area (Å²) in [6.07, 6.45) is 1.78. The quantitative estimate of drug-likeness (QED) is 0.735. The number of benzene rings is 2. The van der Waals surface area contributed by atoms with Crippen LogP contribution in [0.2, 0.25) is 0 Å². The van der Waals surface area contributed by atoms with E-state index in [9.17, 15) is 4.39 Å². The molecule has 0 amide bonds. The van der Waals surface area contributed by atoms with Crippen LogP contribution in [0.5, 0.6) is 0 Å². The summed E-state index contributed by atoms with van der Waals surface area (Å²) < 4.78 is 12.9. The minimum Gasteiger partial charge on any atom is -0.323 e. The van der Waals surface area contributed by atoms with Crippen molar-refractivity contribution in [1.82, 2.24) is 4.98 Å². The van der Waals surface area contributed by atoms with E-state index in [1.807, 2.05) is 24.3 Å². The fraction of sp³-hybridized carbons (Fsp3) is 0.118. The standard InChI is InChI=1S/C17H15FN2S/c18-14-4-6-15(7-5-14)21-11-16(19)12-3-8-17-13(10-12)2-1-9-20-17/h1-10,16H,11,19H2. The summed E-state index contributed by atoms with van der Waals surface area (Å²) >= 11 is 1.63. The topological polar surface area (TPSA) is 38.9 Å². The lowest BCUT2D eigenvalue weighted by Gasteiger charge is -2.12. The molecule has 0 fully saturated rings. The van der Waals surface area contributed by atoms with Gasteiger partial charge in [0.15, 0.2) is 0 Å². The lowest BCUT2D eigenvalue weighted by atomic mass is 10.1. The Bertz CT molecular complexity index is 743. The van der Waals surface area contributed by atoms with E-state index in [1.165, 1.54) is 12.1 Å². The van der Waals surface area contributed by atoms with Crippen LogP contribution in [0.1, 0.15) is 11.6 Å². The zero-order valence-electron chi connectivity index (χ0n) is 11.4. The summed E-state index contributed by atoms with van der Waals surface area (Å²) in [5, 5.41) is 1.09. The molecular weight excluding hydrogens is 283 g/mol. The van der Waals surface area contributed by atoms with E-state index in [0.717, 1.165) is 27.1 Å². The fourth-order valence-corrected chi connectivity index (χ4v) is 3.03. The molecule has 3 aromatic rings. The monoisotopic (exact) mass is 298 g/mol. The Kier molecular flexibility index (Phi) is 4.18. The third-order valence-corrected chi connectivity index (χ3v) is 4.43. The van der Waals surface area contributed by atoms with Gasteiger partial charge in [0.2, 0.25) is 0 Å². The molecule has 2 aromatic carbocycles. The van der Waals surface area contributed by atoms with Gasteiger partial charge in [-0.3, -0.25) is 4.98 Å². The maximum absolute atomic E-state index is 12.9. The lowest BCUT2D eigenvalue weighted by Crippen LogP contribution is -2.12. The van der Waals surface area contributed by atoms with Gasteiger partial charge in [0, 0.05) is 28.3 Å². The molecule has 0 spiro atoms. The Hall–Kier alpha value is -1.91. The van der Waals surface area contributed by atoms with Crippen LogP contribution in [0.25, 0.3) is 10.9 Å². The molecule has 0 saturated heterocycles. The number of hydrogen-bond donors (Lipinski definition) is 1. The van der Waals surface area contributed by atoms with E-state index in [4.69, 9.17) is 5.73 Å². The molecule has 0 aliphatic carbocycles. The van der Waals surface area contributed by atoms with Crippen LogP contribution < -0.4 is 5.73 Å². The van der Waals surface area contributed by atoms with Gasteiger partial charge in [0.1, 0.15) is 5.82 Å². The van der Waals surface area contributed by atoms with Crippen molar-refractivity contribution in [3.8, 4) is 0 Å². The molecule has 0 saturated carbocycles. The van der Waals surface area contributed by atoms with Crippen molar-refractivity contribution in [2.45, 2.75) is 10.9 Å². The minimum absolute atomic E-state index is 0.0651. The molecule has 1 heterocycles. The molecule has 4 heteroatoms. The van der Waals surface area contributed by atoms with Crippen LogP contribution >= 0.6 is 11.8 Å². The number of nitrogens with two attached hydrogens (primary N) is 1. The molecule has 1 unspecified atom stereocenters. The number of pyridine rings is 1. The molecule has 1 aromatic heterocycles. The smallest absolute Gasteiger partial charge is 0.123 e. The molecule has 0 aliphatic rings. The van der Waals surface area contributed by atoms with Crippen LogP contribution in [0.15, 0.2) is 65.7 Å². The highest BCUT2D eigenvalue weighted by Gasteiger charge is 2.08. The average molecular weight is 298 g/mol. The second kappa shape index (κ2) is 6.24. The lowest BCUT2D eigenvalue weighted by molar-refractivity contribution is 0.626. The number of thioether (sulfide) groups is 1. The summed E-state index contributed by atoms with van der Waals surface area (Å²) in [6, 6.07) is 16.5. The van der Waals surface area contributed by atoms with E-state index >= 15 is 0 Å². The van der Waals surface area contributed by atoms with Crippen molar-refractivity contribution in [1.29, 1.82) is 0 Å². The molecule has 0 radical (unpaired) electrons. The Morgan fingerprint density at radius 1 is 1.10 bits per heavy atom. The van der Waals surface area contributed by atoms with Gasteiger partial charge in [-0.05, 0) is 48.0 Å². The van der Waals surface area contributed by atoms with Crippen molar-refractivity contribution >= 4 is 22.7 Å². The molecule has 3 rings (SSSR count). The van der Waals surface area contributed by atoms with Gasteiger partial charge < -0.3 is 5.73 Å². The van der Waals surface area contributed by atoms with E-state index in [2.05, 4.69) is 11.1 Å². The van der Waals surface area contributed by atoms with E-state index in [-0.39, 0.29) is 11.9 Å². The first-order valence-corrected chi connectivity index (χ1v) is 7.69. The zero-order chi connectivity index (χ0) is 14.7. The fourth-order valence-electron chi connectivity index (χ4n) is 2.14. The number of hydrogen-bond acceptors (Lipinski definition) is 3. The molecular formula is C17H15FN2S. The van der Waals surface area contributed by atoms with Gasteiger partial charge in [-0.1, -0.05) is 12.1 Å². The first-order chi connectivity index (χ1) is 10.2. The zero-order valence-corrected chi connectivity index (χ0v) is 12.2. The minimum atomic E-state index is -0.217. The maximum Gasteiger partial charge on any atom is 0.123 e. The largest absolute Gasteiger partial charge is 0.323 e. The third-order valence-electron chi connectivity index (χ3n) is 3.30. The number of rotatable bonds is 4. The van der Waals surface area contributed by atoms with Crippen molar-refractivity contribution < 1.29 is 4.39 Å². The van der Waals surface area contributed by atoms with Crippen molar-refractivity contribution in [3.05, 3.63) is 72.2 Å². The molecule has 106 valence electrons. The number of fused-ring (bicyclic) bond motifs is 1. The molecule has 0 aliphatic heterocycles. The summed E-state index contributed by atoms with van der Waals surface area (Å²) in [7, 11) is 0. The molecule has 21 heavy (non-hydrogen) atoms. The average Bonchev–Trinajstić information content (AvgIpc) is 2.53. The molecule has 2 nitrogen and oxygen atoms in total. The van der Waals surface area contributed by atoms with Gasteiger partial charge in [-0.2, -0.15) is 0 Å². The summed E-state index contributed by atoms with van der Waals surface area (Å²) in [6.45, 7) is 0. The van der Waals surface area contributed by atoms with Gasteiger partial charge in [-0.15, -0.1) is 11.8 Å². The predicted molar refractivity (Wildman–Crippen MR) is 85.8 cm³/mol. The number of nitrogens with zero attached hydrogens (tertiary/aromatic N) is 1. The van der Waals surface area contributed by atoms with Crippen molar-refractivity contribution in [2.75, 3.05) is 5.75 Å². The third kappa shape index (κ3) is 3.40. The molecule has 1 atom stereocenters. The first kappa shape index (κ1) is 14.0. The van der Waals surface area contributed by atoms with Crippen LogP contribution in [0.4, 0.5) is 4.39 Å². The van der Waals surface area contributed by atoms with E-state index in [1.54, 1.807) is 30.1 Å². The Labute approximate surface area is 127 Å². The van der Waals surface area contributed by atoms with Crippen LogP contribution in [0, 0.1) is 5.82 Å². The van der Waals surface area contributed by atoms with Crippen LogP contribution in [-0.4, -0.2) is 10.7 Å². The van der Waals surface area contributed by atoms with Gasteiger partial charge in [0.25, 0.3) is 0 Å². The normalized spacial score (nSPS) is 12.5. The van der Waals surface area contributed by atoms with Gasteiger partial charge in [0.05, 0.1) is 5.52 Å². The Morgan fingerprint density at radius 2 is 1.90 bits per heavy atom. The molecule has 2 N–H and O–H groups in total. The highest BCUT2D eigenvalue weighted by molar-refractivity contribution is 7.99. The van der Waals surface area contributed by atoms with Crippen molar-refractivity contribution in [3.63, 3.8) is 0 Å². The second-order valence-electron chi connectivity index (χ2n) is 4.83. The first-order valence-electron chi connectivity index (χ1n) is 6.71. The van der Waals surface area contributed by atoms with E-state index in [0.29, 0.717) is 0 Å². The highest BCUT2D eigenvalue weighted by atomic mass is 32.2. The SMILES string of the molecule is NC(CSc1ccc(F)cc1)c1ccc2ncccc2c1. The van der Waals surface area contributed by atoms with Crippen LogP contribution in [0.3, 0.4) is 0 Å². The number of halogens is 1. The Morgan fingerprint density at radius 3 is 2.71 bits per heavy atom. The summed E-state index contributed by atoms with van der Waals surface area (Å²) in [4.78, 5) is 5.32. The van der Waals surface area contributed by atoms with Gasteiger partial charge in [-0.25, -0.2) is 4.39 Å². The molecule has 0 bridgehead atoms. The number of aromatic nitrogens is 1.